The predicted octanol–water partition coefficient (Wildman–Crippen LogP) is 2.70. The summed E-state index contributed by atoms with van der Waals surface area (Å²) in [6, 6.07) is 19.4. The molecule has 0 radical (unpaired) electrons. The maximum atomic E-state index is 12.7. The Morgan fingerprint density at radius 1 is 0.867 bits per heavy atom. The summed E-state index contributed by atoms with van der Waals surface area (Å²) in [5.74, 6) is -2.14. The fourth-order valence-electron chi connectivity index (χ4n) is 2.73. The molecule has 1 amide bonds. The van der Waals surface area contributed by atoms with Gasteiger partial charge in [-0.15, -0.1) is 0 Å². The lowest BCUT2D eigenvalue weighted by Gasteiger charge is -2.17. The second kappa shape index (κ2) is 9.38. The van der Waals surface area contributed by atoms with Gasteiger partial charge in [-0.1, -0.05) is 30.3 Å². The number of hydrogen-bond acceptors (Lipinski definition) is 6. The number of anilines is 1. The molecule has 0 saturated carbocycles. The molecular formula is C23H20N2O5. The number of carbonyl (C=O) groups is 3. The maximum Gasteiger partial charge on any atom is 0.345 e. The summed E-state index contributed by atoms with van der Waals surface area (Å²) in [4.78, 5) is 37.5. The number of carbonyl (C=O) groups excluding carboxylic acids is 3. The van der Waals surface area contributed by atoms with E-state index in [9.17, 15) is 19.5 Å². The Morgan fingerprint density at radius 2 is 1.50 bits per heavy atom. The zero-order valence-electron chi connectivity index (χ0n) is 15.9. The van der Waals surface area contributed by atoms with E-state index in [2.05, 4.69) is 5.32 Å². The quantitative estimate of drug-likeness (QED) is 0.330. The van der Waals surface area contributed by atoms with Gasteiger partial charge >= 0.3 is 11.9 Å². The van der Waals surface area contributed by atoms with Crippen molar-refractivity contribution in [2.45, 2.75) is 12.5 Å². The molecule has 0 aromatic heterocycles. The third-order valence-electron chi connectivity index (χ3n) is 4.34. The highest BCUT2D eigenvalue weighted by molar-refractivity contribution is 6.01. The zero-order chi connectivity index (χ0) is 21.5. The number of benzene rings is 3. The van der Waals surface area contributed by atoms with Gasteiger partial charge in [-0.25, -0.2) is 9.59 Å². The number of nitrogens with two attached hydrogens (primary N) is 1. The molecule has 3 rings (SSSR count). The molecule has 0 unspecified atom stereocenters. The van der Waals surface area contributed by atoms with Crippen LogP contribution < -0.4 is 11.1 Å². The minimum absolute atomic E-state index is 0.0738. The van der Waals surface area contributed by atoms with Crippen molar-refractivity contribution in [3.8, 4) is 5.75 Å². The van der Waals surface area contributed by atoms with E-state index in [1.165, 1.54) is 36.4 Å². The van der Waals surface area contributed by atoms with Crippen molar-refractivity contribution in [2.75, 3.05) is 5.73 Å². The van der Waals surface area contributed by atoms with Gasteiger partial charge in [0.1, 0.15) is 11.8 Å². The predicted molar refractivity (Wildman–Crippen MR) is 111 cm³/mol. The number of rotatable bonds is 6. The van der Waals surface area contributed by atoms with Gasteiger partial charge in [-0.3, -0.25) is 4.79 Å². The van der Waals surface area contributed by atoms with Crippen molar-refractivity contribution in [1.82, 2.24) is 5.32 Å². The highest BCUT2D eigenvalue weighted by atomic mass is 16.6. The first-order valence-electron chi connectivity index (χ1n) is 9.18. The highest BCUT2D eigenvalue weighted by Gasteiger charge is 2.26. The van der Waals surface area contributed by atoms with E-state index in [1.54, 1.807) is 42.5 Å². The van der Waals surface area contributed by atoms with Crippen molar-refractivity contribution in [3.63, 3.8) is 0 Å². The Kier molecular flexibility index (Phi) is 6.44. The van der Waals surface area contributed by atoms with Gasteiger partial charge in [0.15, 0.2) is 0 Å². The molecule has 3 aromatic carbocycles. The number of aromatic hydroxyl groups is 1. The van der Waals surface area contributed by atoms with Crippen LogP contribution in [0.2, 0.25) is 0 Å². The molecule has 0 spiro atoms. The maximum absolute atomic E-state index is 12.7. The number of nitrogens with one attached hydrogen (secondary N) is 1. The Hall–Kier alpha value is -4.13. The van der Waals surface area contributed by atoms with Crippen LogP contribution in [0.25, 0.3) is 0 Å². The minimum atomic E-state index is -1.11. The van der Waals surface area contributed by atoms with Crippen LogP contribution in [0.3, 0.4) is 0 Å². The van der Waals surface area contributed by atoms with Crippen LogP contribution in [0.4, 0.5) is 5.69 Å². The van der Waals surface area contributed by atoms with E-state index >= 15 is 0 Å². The van der Waals surface area contributed by atoms with Gasteiger partial charge < -0.3 is 20.9 Å². The van der Waals surface area contributed by atoms with E-state index in [1.807, 2.05) is 0 Å². The van der Waals surface area contributed by atoms with Gasteiger partial charge in [0.2, 0.25) is 0 Å². The summed E-state index contributed by atoms with van der Waals surface area (Å²) < 4.78 is 4.99. The minimum Gasteiger partial charge on any atom is -0.508 e. The van der Waals surface area contributed by atoms with E-state index in [-0.39, 0.29) is 17.7 Å². The monoisotopic (exact) mass is 404 g/mol. The molecule has 7 heteroatoms. The average Bonchev–Trinajstić information content (AvgIpc) is 2.75. The van der Waals surface area contributed by atoms with Crippen LogP contribution in [0.15, 0.2) is 78.9 Å². The smallest absolute Gasteiger partial charge is 0.345 e. The Morgan fingerprint density at radius 3 is 2.13 bits per heavy atom. The summed E-state index contributed by atoms with van der Waals surface area (Å²) in [6.07, 6.45) is 0.0761. The lowest BCUT2D eigenvalue weighted by atomic mass is 10.0. The van der Waals surface area contributed by atoms with E-state index in [4.69, 9.17) is 10.5 Å². The normalized spacial score (nSPS) is 11.3. The second-order valence-electron chi connectivity index (χ2n) is 6.59. The molecule has 3 aromatic rings. The highest BCUT2D eigenvalue weighted by Crippen LogP contribution is 2.13. The fraction of sp³-hybridized carbons (Fsp3) is 0.0870. The standard InChI is InChI=1S/C23H20N2O5/c24-18-10-8-17(9-11-18)22(28)30-23(29)20(14-15-6-12-19(26)13-7-15)25-21(27)16-4-2-1-3-5-16/h1-13,20,26H,14,24H2,(H,25,27)/t20-/m0/s1. The third kappa shape index (κ3) is 5.45. The van der Waals surface area contributed by atoms with E-state index in [0.29, 0.717) is 16.8 Å². The van der Waals surface area contributed by atoms with Crippen LogP contribution in [0, 0.1) is 0 Å². The molecule has 0 heterocycles. The molecule has 0 aliphatic carbocycles. The number of hydrogen-bond donors (Lipinski definition) is 3. The number of nitrogen functional groups attached to an aromatic ring is 1. The molecule has 1 atom stereocenters. The van der Waals surface area contributed by atoms with Crippen LogP contribution >= 0.6 is 0 Å². The Balaban J connectivity index is 1.77. The Bertz CT molecular complexity index is 1030. The average molecular weight is 404 g/mol. The zero-order valence-corrected chi connectivity index (χ0v) is 15.9. The van der Waals surface area contributed by atoms with Crippen LogP contribution in [0.1, 0.15) is 26.3 Å². The molecule has 152 valence electrons. The van der Waals surface area contributed by atoms with Gasteiger partial charge in [-0.2, -0.15) is 0 Å². The summed E-state index contributed by atoms with van der Waals surface area (Å²) in [5, 5.41) is 12.1. The summed E-state index contributed by atoms with van der Waals surface area (Å²) >= 11 is 0. The van der Waals surface area contributed by atoms with Crippen molar-refractivity contribution < 1.29 is 24.2 Å². The van der Waals surface area contributed by atoms with E-state index < -0.39 is 23.9 Å². The Labute approximate surface area is 173 Å². The largest absolute Gasteiger partial charge is 0.508 e. The molecule has 30 heavy (non-hydrogen) atoms. The van der Waals surface area contributed by atoms with E-state index in [0.717, 1.165) is 0 Å². The van der Waals surface area contributed by atoms with Gasteiger partial charge in [0.05, 0.1) is 5.56 Å². The van der Waals surface area contributed by atoms with Crippen molar-refractivity contribution in [2.24, 2.45) is 0 Å². The summed E-state index contributed by atoms with van der Waals surface area (Å²) in [7, 11) is 0. The molecule has 4 N–H and O–H groups in total. The number of phenols is 1. The van der Waals surface area contributed by atoms with Crippen LogP contribution in [-0.2, 0) is 16.0 Å². The molecule has 0 saturated heterocycles. The van der Waals surface area contributed by atoms with Crippen LogP contribution in [-0.4, -0.2) is 29.0 Å². The number of esters is 2. The first-order chi connectivity index (χ1) is 14.4. The third-order valence-corrected chi connectivity index (χ3v) is 4.34. The number of amides is 1. The van der Waals surface area contributed by atoms with Gasteiger partial charge in [0, 0.05) is 17.7 Å². The van der Waals surface area contributed by atoms with Gasteiger partial charge in [-0.05, 0) is 54.1 Å². The topological polar surface area (TPSA) is 119 Å². The van der Waals surface area contributed by atoms with Crippen LogP contribution in [0.5, 0.6) is 5.75 Å². The van der Waals surface area contributed by atoms with Crippen molar-refractivity contribution in [1.29, 1.82) is 0 Å². The van der Waals surface area contributed by atoms with Crippen molar-refractivity contribution in [3.05, 3.63) is 95.6 Å². The second-order valence-corrected chi connectivity index (χ2v) is 6.59. The molecule has 0 aliphatic heterocycles. The number of phenolic OH excluding ortho intramolecular Hbond substituents is 1. The van der Waals surface area contributed by atoms with Crippen molar-refractivity contribution >= 4 is 23.5 Å². The molecule has 0 fully saturated rings. The SMILES string of the molecule is Nc1ccc(C(=O)OC(=O)[C@H](Cc2ccc(O)cc2)NC(=O)c2ccccc2)cc1. The first kappa shape index (κ1) is 20.6. The lowest BCUT2D eigenvalue weighted by Crippen LogP contribution is -2.44. The fourth-order valence-corrected chi connectivity index (χ4v) is 2.73. The molecular weight excluding hydrogens is 384 g/mol. The summed E-state index contributed by atoms with van der Waals surface area (Å²) in [5.41, 5.74) is 7.27. The number of ether oxygens (including phenoxy) is 1. The molecule has 0 aliphatic rings. The lowest BCUT2D eigenvalue weighted by molar-refractivity contribution is -0.140. The molecule has 0 bridgehead atoms. The first-order valence-corrected chi connectivity index (χ1v) is 9.18. The summed E-state index contributed by atoms with van der Waals surface area (Å²) in [6.45, 7) is 0. The van der Waals surface area contributed by atoms with Gasteiger partial charge in [0.25, 0.3) is 5.91 Å². The molecule has 7 nitrogen and oxygen atoms in total.